The summed E-state index contributed by atoms with van der Waals surface area (Å²) in [7, 11) is 0. The topological polar surface area (TPSA) is 26.0 Å². The molecule has 0 fully saturated rings. The van der Waals surface area contributed by atoms with Crippen molar-refractivity contribution < 1.29 is 4.39 Å². The van der Waals surface area contributed by atoms with E-state index < -0.39 is 0 Å². The number of hydrogen-bond donors (Lipinski definition) is 1. The zero-order valence-corrected chi connectivity index (χ0v) is 4.97. The summed E-state index contributed by atoms with van der Waals surface area (Å²) >= 11 is 0. The normalized spacial score (nSPS) is 18.3. The largest absolute Gasteiger partial charge is 0.397 e. The van der Waals surface area contributed by atoms with Crippen LogP contribution in [0.1, 0.15) is 6.42 Å². The van der Waals surface area contributed by atoms with E-state index in [1.807, 2.05) is 6.08 Å². The highest BCUT2D eigenvalue weighted by atomic mass is 19.1. The Morgan fingerprint density at radius 2 is 2.33 bits per heavy atom. The molecule has 0 unspecified atom stereocenters. The molecule has 2 heteroatoms. The van der Waals surface area contributed by atoms with Gasteiger partial charge in [-0.05, 0) is 12.5 Å². The summed E-state index contributed by atoms with van der Waals surface area (Å²) in [5.74, 6) is -0.344. The van der Waals surface area contributed by atoms with Gasteiger partial charge in [0.25, 0.3) is 0 Å². The van der Waals surface area contributed by atoms with E-state index in [-0.39, 0.29) is 11.5 Å². The van der Waals surface area contributed by atoms with Crippen LogP contribution in [-0.4, -0.2) is 0 Å². The van der Waals surface area contributed by atoms with Gasteiger partial charge in [-0.2, -0.15) is 0 Å². The Kier molecular flexibility index (Phi) is 1.68. The van der Waals surface area contributed by atoms with Crippen molar-refractivity contribution in [3.05, 3.63) is 35.8 Å². The molecule has 1 rings (SSSR count). The van der Waals surface area contributed by atoms with Gasteiger partial charge in [0.05, 0.1) is 5.70 Å². The van der Waals surface area contributed by atoms with Crippen LogP contribution in [0.4, 0.5) is 4.39 Å². The van der Waals surface area contributed by atoms with E-state index in [4.69, 9.17) is 5.73 Å². The number of halogens is 1. The van der Waals surface area contributed by atoms with Crippen LogP contribution in [0.25, 0.3) is 0 Å². The molecule has 1 aliphatic carbocycles. The molecule has 0 saturated carbocycles. The maximum Gasteiger partial charge on any atom is 0.145 e. The SMILES string of the molecule is NC1=CCC=CC=C1F. The van der Waals surface area contributed by atoms with Crippen molar-refractivity contribution >= 4 is 0 Å². The number of hydrogen-bond acceptors (Lipinski definition) is 1. The van der Waals surface area contributed by atoms with Gasteiger partial charge >= 0.3 is 0 Å². The van der Waals surface area contributed by atoms with Gasteiger partial charge in [-0.15, -0.1) is 0 Å². The summed E-state index contributed by atoms with van der Waals surface area (Å²) in [6.07, 6.45) is 7.23. The fourth-order valence-corrected chi connectivity index (χ4v) is 0.620. The van der Waals surface area contributed by atoms with E-state index >= 15 is 0 Å². The van der Waals surface area contributed by atoms with Gasteiger partial charge in [-0.3, -0.25) is 0 Å². The number of allylic oxidation sites excluding steroid dienone is 5. The smallest absolute Gasteiger partial charge is 0.145 e. The maximum absolute atomic E-state index is 12.5. The van der Waals surface area contributed by atoms with Crippen molar-refractivity contribution in [1.82, 2.24) is 0 Å². The lowest BCUT2D eigenvalue weighted by atomic mass is 10.3. The van der Waals surface area contributed by atoms with E-state index in [1.54, 1.807) is 12.2 Å². The van der Waals surface area contributed by atoms with Gasteiger partial charge in [0, 0.05) is 0 Å². The summed E-state index contributed by atoms with van der Waals surface area (Å²) in [6.45, 7) is 0. The van der Waals surface area contributed by atoms with Crippen LogP contribution in [0.2, 0.25) is 0 Å². The number of nitrogens with two attached hydrogens (primary N) is 1. The molecule has 2 N–H and O–H groups in total. The van der Waals surface area contributed by atoms with Crippen LogP contribution in [0.15, 0.2) is 35.8 Å². The first kappa shape index (κ1) is 6.08. The minimum absolute atomic E-state index is 0.236. The van der Waals surface area contributed by atoms with Gasteiger partial charge < -0.3 is 5.73 Å². The lowest BCUT2D eigenvalue weighted by molar-refractivity contribution is 0.648. The highest BCUT2D eigenvalue weighted by Crippen LogP contribution is 2.09. The summed E-state index contributed by atoms with van der Waals surface area (Å²) in [5, 5.41) is 0. The average molecular weight is 125 g/mol. The predicted molar refractivity (Wildman–Crippen MR) is 35.2 cm³/mol. The van der Waals surface area contributed by atoms with Crippen molar-refractivity contribution in [2.75, 3.05) is 0 Å². The van der Waals surface area contributed by atoms with Gasteiger partial charge in [-0.1, -0.05) is 18.2 Å². The highest BCUT2D eigenvalue weighted by molar-refractivity contribution is 5.28. The van der Waals surface area contributed by atoms with E-state index in [0.29, 0.717) is 0 Å². The van der Waals surface area contributed by atoms with E-state index in [0.717, 1.165) is 6.42 Å². The molecule has 0 atom stereocenters. The molecular weight excluding hydrogens is 117 g/mol. The zero-order valence-electron chi connectivity index (χ0n) is 4.97. The summed E-state index contributed by atoms with van der Waals surface area (Å²) in [6, 6.07) is 0. The van der Waals surface area contributed by atoms with Gasteiger partial charge in [0.1, 0.15) is 5.83 Å². The molecule has 9 heavy (non-hydrogen) atoms. The molecule has 0 aliphatic heterocycles. The molecule has 48 valence electrons. The molecule has 0 amide bonds. The second kappa shape index (κ2) is 2.49. The molecule has 1 nitrogen and oxygen atoms in total. The summed E-state index contributed by atoms with van der Waals surface area (Å²) in [4.78, 5) is 0. The molecule has 0 aromatic carbocycles. The van der Waals surface area contributed by atoms with E-state index in [1.165, 1.54) is 6.08 Å². The van der Waals surface area contributed by atoms with Crippen molar-refractivity contribution in [3.63, 3.8) is 0 Å². The van der Waals surface area contributed by atoms with Crippen molar-refractivity contribution in [1.29, 1.82) is 0 Å². The molecule has 0 heterocycles. The van der Waals surface area contributed by atoms with Crippen LogP contribution in [-0.2, 0) is 0 Å². The second-order valence-electron chi connectivity index (χ2n) is 1.84. The van der Waals surface area contributed by atoms with Gasteiger partial charge in [0.2, 0.25) is 0 Å². The summed E-state index contributed by atoms with van der Waals surface area (Å²) in [5.41, 5.74) is 5.49. The lowest BCUT2D eigenvalue weighted by Crippen LogP contribution is -1.95. The van der Waals surface area contributed by atoms with Crippen LogP contribution in [0, 0.1) is 0 Å². The average Bonchev–Trinajstić information content (AvgIpc) is 1.99. The first-order valence-electron chi connectivity index (χ1n) is 2.79. The Bertz CT molecular complexity index is 189. The van der Waals surface area contributed by atoms with E-state index in [2.05, 4.69) is 0 Å². The molecule has 0 aromatic rings. The molecule has 0 radical (unpaired) electrons. The Hall–Kier alpha value is -1.05. The third-order valence-electron chi connectivity index (χ3n) is 1.13. The Morgan fingerprint density at radius 1 is 1.56 bits per heavy atom. The molecule has 0 aromatic heterocycles. The molecule has 0 saturated heterocycles. The Balaban J connectivity index is 2.85. The first-order chi connectivity index (χ1) is 4.30. The van der Waals surface area contributed by atoms with Gasteiger partial charge in [-0.25, -0.2) is 4.39 Å². The molecule has 0 bridgehead atoms. The maximum atomic E-state index is 12.5. The van der Waals surface area contributed by atoms with Crippen LogP contribution in [0.5, 0.6) is 0 Å². The number of rotatable bonds is 0. The third kappa shape index (κ3) is 1.42. The minimum Gasteiger partial charge on any atom is -0.397 e. The molecule has 0 spiro atoms. The summed E-state index contributed by atoms with van der Waals surface area (Å²) < 4.78 is 12.5. The molecular formula is C7H8FN. The van der Waals surface area contributed by atoms with Crippen LogP contribution >= 0.6 is 0 Å². The second-order valence-corrected chi connectivity index (χ2v) is 1.84. The third-order valence-corrected chi connectivity index (χ3v) is 1.13. The quantitative estimate of drug-likeness (QED) is 0.523. The van der Waals surface area contributed by atoms with E-state index in [9.17, 15) is 4.39 Å². The van der Waals surface area contributed by atoms with Gasteiger partial charge in [0.15, 0.2) is 0 Å². The fourth-order valence-electron chi connectivity index (χ4n) is 0.620. The van der Waals surface area contributed by atoms with Crippen LogP contribution in [0.3, 0.4) is 0 Å². The fraction of sp³-hybridized carbons (Fsp3) is 0.143. The highest BCUT2D eigenvalue weighted by Gasteiger charge is 1.97. The monoisotopic (exact) mass is 125 g/mol. The minimum atomic E-state index is -0.344. The van der Waals surface area contributed by atoms with Crippen LogP contribution < -0.4 is 5.73 Å². The van der Waals surface area contributed by atoms with Crippen molar-refractivity contribution in [2.24, 2.45) is 5.73 Å². The van der Waals surface area contributed by atoms with Crippen molar-refractivity contribution in [3.8, 4) is 0 Å². The first-order valence-corrected chi connectivity index (χ1v) is 2.79. The zero-order chi connectivity index (χ0) is 6.69. The molecule has 1 aliphatic rings. The van der Waals surface area contributed by atoms with Crippen molar-refractivity contribution in [2.45, 2.75) is 6.42 Å². The Labute approximate surface area is 53.4 Å². The Morgan fingerprint density at radius 3 is 3.11 bits per heavy atom. The lowest BCUT2D eigenvalue weighted by Gasteiger charge is -1.91. The standard InChI is InChI=1S/C7H8FN/c8-6-4-2-1-3-5-7(6)9/h1-2,4-5H,3,9H2. The predicted octanol–water partition coefficient (Wildman–Crippen LogP) is 1.64.